The van der Waals surface area contributed by atoms with Crippen LogP contribution in [0.2, 0.25) is 0 Å². The molecule has 8 aromatic carbocycles. The second-order valence-corrected chi connectivity index (χ2v) is 17.3. The number of para-hydroxylation sites is 3. The lowest BCUT2D eigenvalue weighted by Crippen LogP contribution is -2.61. The van der Waals surface area contributed by atoms with Crippen LogP contribution in [-0.2, 0) is 5.41 Å². The first-order chi connectivity index (χ1) is 29.0. The standard InChI is InChI=1S/C55H44BN3/c1-54-32-17-33-55(54,2)59(48-28-14-12-26-45(48)54)44-36-51-53-52(37-44)58(43-25-16-22-40(34-43)38-18-6-3-7-19-38)50-35-41(39-20-8-4-9-21-39)30-31-47(50)56(53)46-27-13-15-29-49(46)57(51)42-23-10-5-11-24-42/h3-16,18-31,34-37H,17,32-33H2,1-2H3. The predicted molar refractivity (Wildman–Crippen MR) is 250 cm³/mol. The predicted octanol–water partition coefficient (Wildman–Crippen LogP) is 12.5. The highest BCUT2D eigenvalue weighted by atomic mass is 15.3. The van der Waals surface area contributed by atoms with E-state index in [-0.39, 0.29) is 17.7 Å². The normalized spacial score (nSPS) is 19.5. The molecule has 1 fully saturated rings. The van der Waals surface area contributed by atoms with Crippen molar-refractivity contribution in [1.82, 2.24) is 0 Å². The molecule has 1 aliphatic carbocycles. The molecule has 0 amide bonds. The molecular formula is C55H44BN3. The van der Waals surface area contributed by atoms with Gasteiger partial charge in [0.2, 0.25) is 0 Å². The van der Waals surface area contributed by atoms with Gasteiger partial charge in [-0.25, -0.2) is 0 Å². The molecule has 8 aromatic rings. The van der Waals surface area contributed by atoms with Gasteiger partial charge >= 0.3 is 0 Å². The van der Waals surface area contributed by atoms with Crippen LogP contribution in [0.1, 0.15) is 38.7 Å². The van der Waals surface area contributed by atoms with E-state index < -0.39 is 0 Å². The Bertz CT molecular complexity index is 2930. The van der Waals surface area contributed by atoms with E-state index in [1.54, 1.807) is 0 Å². The highest BCUT2D eigenvalue weighted by Crippen LogP contribution is 2.63. The van der Waals surface area contributed by atoms with Crippen LogP contribution >= 0.6 is 0 Å². The van der Waals surface area contributed by atoms with Gasteiger partial charge in [-0.2, -0.15) is 0 Å². The maximum atomic E-state index is 2.74. The molecule has 3 nitrogen and oxygen atoms in total. The van der Waals surface area contributed by atoms with E-state index in [1.807, 2.05) is 0 Å². The van der Waals surface area contributed by atoms with Gasteiger partial charge in [-0.05, 0) is 119 Å². The summed E-state index contributed by atoms with van der Waals surface area (Å²) < 4.78 is 0. The Balaban J connectivity index is 1.19. The average molecular weight is 758 g/mol. The Hall–Kier alpha value is -6.78. The summed E-state index contributed by atoms with van der Waals surface area (Å²) in [5.74, 6) is 0. The molecular weight excluding hydrogens is 713 g/mol. The Morgan fingerprint density at radius 2 is 0.966 bits per heavy atom. The zero-order valence-corrected chi connectivity index (χ0v) is 33.5. The van der Waals surface area contributed by atoms with Crippen molar-refractivity contribution >= 4 is 68.6 Å². The van der Waals surface area contributed by atoms with Crippen LogP contribution in [0.5, 0.6) is 0 Å². The molecule has 0 N–H and O–H groups in total. The monoisotopic (exact) mass is 757 g/mol. The molecule has 3 aliphatic heterocycles. The minimum atomic E-state index is -0.0771. The zero-order valence-electron chi connectivity index (χ0n) is 33.5. The smallest absolute Gasteiger partial charge is 0.252 e. The highest BCUT2D eigenvalue weighted by molar-refractivity contribution is 7.00. The van der Waals surface area contributed by atoms with E-state index in [0.29, 0.717) is 0 Å². The van der Waals surface area contributed by atoms with Crippen molar-refractivity contribution in [2.75, 3.05) is 14.7 Å². The summed E-state index contributed by atoms with van der Waals surface area (Å²) >= 11 is 0. The third-order valence-corrected chi connectivity index (χ3v) is 14.3. The van der Waals surface area contributed by atoms with Crippen LogP contribution in [0.3, 0.4) is 0 Å². The summed E-state index contributed by atoms with van der Waals surface area (Å²) in [7, 11) is 0. The lowest BCUT2D eigenvalue weighted by molar-refractivity contribution is 0.330. The molecule has 0 aromatic heterocycles. The van der Waals surface area contributed by atoms with E-state index >= 15 is 0 Å². The van der Waals surface area contributed by atoms with Crippen molar-refractivity contribution in [3.63, 3.8) is 0 Å². The van der Waals surface area contributed by atoms with Gasteiger partial charge in [0.25, 0.3) is 6.71 Å². The van der Waals surface area contributed by atoms with Crippen molar-refractivity contribution in [3.8, 4) is 22.3 Å². The number of fused-ring (bicyclic) bond motifs is 7. The Labute approximate surface area is 347 Å². The summed E-state index contributed by atoms with van der Waals surface area (Å²) in [6.07, 6.45) is 3.55. The average Bonchev–Trinajstić information content (AvgIpc) is 3.70. The van der Waals surface area contributed by atoms with E-state index in [1.165, 1.54) is 96.9 Å². The Morgan fingerprint density at radius 3 is 1.69 bits per heavy atom. The van der Waals surface area contributed by atoms with Crippen LogP contribution in [-0.4, -0.2) is 12.3 Å². The summed E-state index contributed by atoms with van der Waals surface area (Å²) in [5, 5.41) is 0. The molecule has 0 saturated heterocycles. The maximum Gasteiger partial charge on any atom is 0.252 e. The van der Waals surface area contributed by atoms with Crippen molar-refractivity contribution in [2.24, 2.45) is 0 Å². The zero-order chi connectivity index (χ0) is 39.3. The molecule has 0 radical (unpaired) electrons. The van der Waals surface area contributed by atoms with E-state index in [4.69, 9.17) is 0 Å². The maximum absolute atomic E-state index is 2.74. The summed E-state index contributed by atoms with van der Waals surface area (Å²) in [5.41, 5.74) is 20.1. The number of benzene rings is 8. The quantitative estimate of drug-likeness (QED) is 0.162. The summed E-state index contributed by atoms with van der Waals surface area (Å²) in [6.45, 7) is 5.09. The molecule has 1 saturated carbocycles. The summed E-state index contributed by atoms with van der Waals surface area (Å²) in [6, 6.07) is 72.4. The van der Waals surface area contributed by atoms with Gasteiger partial charge in [0, 0.05) is 50.9 Å². The van der Waals surface area contributed by atoms with E-state index in [9.17, 15) is 0 Å². The van der Waals surface area contributed by atoms with Crippen molar-refractivity contribution in [1.29, 1.82) is 0 Å². The Kier molecular flexibility index (Phi) is 7.47. The van der Waals surface area contributed by atoms with Crippen LogP contribution < -0.4 is 31.1 Å². The van der Waals surface area contributed by atoms with Crippen molar-refractivity contribution in [2.45, 2.75) is 44.1 Å². The Morgan fingerprint density at radius 1 is 0.407 bits per heavy atom. The number of nitrogens with zero attached hydrogens (tertiary/aromatic N) is 3. The van der Waals surface area contributed by atoms with Gasteiger partial charge < -0.3 is 14.7 Å². The number of hydrogen-bond acceptors (Lipinski definition) is 3. The van der Waals surface area contributed by atoms with Crippen molar-refractivity contribution < 1.29 is 0 Å². The fraction of sp³-hybridized carbons (Fsp3) is 0.127. The number of anilines is 8. The number of hydrogen-bond donors (Lipinski definition) is 0. The molecule has 59 heavy (non-hydrogen) atoms. The fourth-order valence-corrected chi connectivity index (χ4v) is 11.4. The minimum Gasteiger partial charge on any atom is -0.334 e. The molecule has 0 bridgehead atoms. The third kappa shape index (κ3) is 4.90. The molecule has 282 valence electrons. The van der Waals surface area contributed by atoms with Gasteiger partial charge in [-0.3, -0.25) is 0 Å². The lowest BCUT2D eigenvalue weighted by atomic mass is 9.33. The minimum absolute atomic E-state index is 0.0387. The molecule has 0 spiro atoms. The van der Waals surface area contributed by atoms with Gasteiger partial charge in [0.1, 0.15) is 0 Å². The van der Waals surface area contributed by atoms with Gasteiger partial charge in [0.05, 0.1) is 5.54 Å². The third-order valence-electron chi connectivity index (χ3n) is 14.3. The first-order valence-corrected chi connectivity index (χ1v) is 21.2. The molecule has 4 aliphatic rings. The largest absolute Gasteiger partial charge is 0.334 e. The van der Waals surface area contributed by atoms with Crippen LogP contribution in [0.25, 0.3) is 22.3 Å². The molecule has 12 rings (SSSR count). The molecule has 2 unspecified atom stereocenters. The van der Waals surface area contributed by atoms with Gasteiger partial charge in [-0.1, -0.05) is 153 Å². The SMILES string of the molecule is CC12CCCC1(C)N(c1cc3c4c(c1)N(c1cccc(-c5ccccc5)c1)c1cc(-c5ccccc5)ccc1B4c1ccccc1N3c1ccccc1)c1ccccc12. The van der Waals surface area contributed by atoms with Crippen LogP contribution in [0.15, 0.2) is 194 Å². The first kappa shape index (κ1) is 34.3. The van der Waals surface area contributed by atoms with Crippen LogP contribution in [0.4, 0.5) is 45.5 Å². The van der Waals surface area contributed by atoms with Crippen molar-refractivity contribution in [3.05, 3.63) is 200 Å². The first-order valence-electron chi connectivity index (χ1n) is 21.2. The highest BCUT2D eigenvalue weighted by Gasteiger charge is 2.59. The van der Waals surface area contributed by atoms with E-state index in [0.717, 1.165) is 12.1 Å². The molecule has 3 heterocycles. The fourth-order valence-electron chi connectivity index (χ4n) is 11.4. The second kappa shape index (κ2) is 12.9. The topological polar surface area (TPSA) is 9.72 Å². The summed E-state index contributed by atoms with van der Waals surface area (Å²) in [4.78, 5) is 7.86. The van der Waals surface area contributed by atoms with Crippen LogP contribution in [0, 0.1) is 0 Å². The molecule has 2 atom stereocenters. The second-order valence-electron chi connectivity index (χ2n) is 17.3. The van der Waals surface area contributed by atoms with E-state index in [2.05, 4.69) is 223 Å². The van der Waals surface area contributed by atoms with Gasteiger partial charge in [-0.15, -0.1) is 0 Å². The number of rotatable bonds is 5. The lowest BCUT2D eigenvalue weighted by Gasteiger charge is -2.47. The molecule has 4 heteroatoms. The van der Waals surface area contributed by atoms with Gasteiger partial charge in [0.15, 0.2) is 0 Å².